The molecule has 2 N–H and O–H groups in total. The lowest BCUT2D eigenvalue weighted by molar-refractivity contribution is 1.09. The molecule has 54 valence electrons. The molecule has 0 aliphatic rings. The molecule has 10 heavy (non-hydrogen) atoms. The number of rotatable bonds is 1. The molecule has 0 radical (unpaired) electrons. The first-order valence-electron chi connectivity index (χ1n) is 3.04. The summed E-state index contributed by atoms with van der Waals surface area (Å²) in [6, 6.07) is 3.94. The van der Waals surface area contributed by atoms with Crippen LogP contribution >= 0.6 is 11.9 Å². The maximum atomic E-state index is 5.38. The second kappa shape index (κ2) is 3.03. The highest BCUT2D eigenvalue weighted by Gasteiger charge is 1.93. The van der Waals surface area contributed by atoms with Crippen molar-refractivity contribution in [3.8, 4) is 0 Å². The minimum Gasteiger partial charge on any atom is -0.274 e. The zero-order chi connectivity index (χ0) is 7.56. The van der Waals surface area contributed by atoms with E-state index in [1.165, 1.54) is 11.9 Å². The van der Waals surface area contributed by atoms with Gasteiger partial charge in [0.25, 0.3) is 0 Å². The summed E-state index contributed by atoms with van der Waals surface area (Å²) < 4.78 is 0. The van der Waals surface area contributed by atoms with Gasteiger partial charge in [-0.1, -0.05) is 0 Å². The van der Waals surface area contributed by atoms with Crippen LogP contribution in [0.3, 0.4) is 0 Å². The third kappa shape index (κ3) is 1.72. The van der Waals surface area contributed by atoms with Gasteiger partial charge in [0.05, 0.1) is 0 Å². The molecular weight excluding hydrogens is 144 g/mol. The van der Waals surface area contributed by atoms with Crippen molar-refractivity contribution in [1.29, 1.82) is 0 Å². The number of aryl methyl sites for hydroxylation is 2. The summed E-state index contributed by atoms with van der Waals surface area (Å²) in [6.45, 7) is 3.93. The van der Waals surface area contributed by atoms with Gasteiger partial charge < -0.3 is 0 Å². The van der Waals surface area contributed by atoms with Gasteiger partial charge in [0.15, 0.2) is 0 Å². The van der Waals surface area contributed by atoms with Crippen molar-refractivity contribution in [2.75, 3.05) is 0 Å². The second-order valence-corrected chi connectivity index (χ2v) is 2.91. The molecule has 1 aromatic heterocycles. The molecule has 0 fully saturated rings. The lowest BCUT2D eigenvalue weighted by Gasteiger charge is -1.98. The van der Waals surface area contributed by atoms with Gasteiger partial charge in [-0.25, -0.2) is 0 Å². The molecule has 0 aliphatic carbocycles. The summed E-state index contributed by atoms with van der Waals surface area (Å²) in [5, 5.41) is 5.38. The Hall–Kier alpha value is -0.540. The molecule has 0 aromatic carbocycles. The minimum atomic E-state index is 1.02. The molecule has 0 bridgehead atoms. The van der Waals surface area contributed by atoms with Crippen LogP contribution in [0, 0.1) is 13.8 Å². The van der Waals surface area contributed by atoms with Gasteiger partial charge in [0, 0.05) is 16.3 Å². The van der Waals surface area contributed by atoms with Gasteiger partial charge in [-0.2, -0.15) is 0 Å². The lowest BCUT2D eigenvalue weighted by atomic mass is 10.3. The van der Waals surface area contributed by atoms with Crippen LogP contribution in [0.1, 0.15) is 11.4 Å². The largest absolute Gasteiger partial charge is 0.274 e. The second-order valence-electron chi connectivity index (χ2n) is 2.20. The van der Waals surface area contributed by atoms with E-state index in [-0.39, 0.29) is 0 Å². The summed E-state index contributed by atoms with van der Waals surface area (Å²) in [4.78, 5) is 5.29. The van der Waals surface area contributed by atoms with Crippen LogP contribution in [0.4, 0.5) is 0 Å². The van der Waals surface area contributed by atoms with E-state index >= 15 is 0 Å². The van der Waals surface area contributed by atoms with Crippen molar-refractivity contribution in [3.63, 3.8) is 0 Å². The predicted octanol–water partition coefficient (Wildman–Crippen LogP) is 1.66. The molecule has 0 unspecified atom stereocenters. The molecule has 0 aliphatic heterocycles. The molecule has 0 amide bonds. The van der Waals surface area contributed by atoms with E-state index < -0.39 is 0 Å². The smallest absolute Gasteiger partial charge is 0.0387 e. The van der Waals surface area contributed by atoms with Crippen molar-refractivity contribution in [1.82, 2.24) is 4.98 Å². The van der Waals surface area contributed by atoms with Crippen LogP contribution in [0.5, 0.6) is 0 Å². The van der Waals surface area contributed by atoms with Crippen LogP contribution in [0.25, 0.3) is 0 Å². The Labute approximate surface area is 65.0 Å². The van der Waals surface area contributed by atoms with E-state index in [4.69, 9.17) is 5.14 Å². The van der Waals surface area contributed by atoms with Crippen LogP contribution in [0.2, 0.25) is 0 Å². The average molecular weight is 154 g/mol. The Balaban J connectivity index is 3.06. The number of nitrogens with two attached hydrogens (primary N) is 1. The number of hydrogen-bond acceptors (Lipinski definition) is 3. The van der Waals surface area contributed by atoms with Crippen LogP contribution in [-0.2, 0) is 0 Å². The van der Waals surface area contributed by atoms with Gasteiger partial charge in [0.1, 0.15) is 0 Å². The lowest BCUT2D eigenvalue weighted by Crippen LogP contribution is -1.88. The van der Waals surface area contributed by atoms with E-state index in [0.717, 1.165) is 16.3 Å². The molecule has 0 saturated carbocycles. The Bertz CT molecular complexity index is 215. The fourth-order valence-electron chi connectivity index (χ4n) is 0.864. The SMILES string of the molecule is Cc1cc(SN)cc(C)n1. The maximum absolute atomic E-state index is 5.38. The summed E-state index contributed by atoms with van der Waals surface area (Å²) in [5.74, 6) is 0. The van der Waals surface area contributed by atoms with Crippen LogP contribution in [0.15, 0.2) is 17.0 Å². The predicted molar refractivity (Wildman–Crippen MR) is 43.8 cm³/mol. The Morgan fingerprint density at radius 2 is 1.80 bits per heavy atom. The van der Waals surface area contributed by atoms with Gasteiger partial charge in [-0.3, -0.25) is 10.1 Å². The van der Waals surface area contributed by atoms with E-state index in [2.05, 4.69) is 4.98 Å². The summed E-state index contributed by atoms with van der Waals surface area (Å²) >= 11 is 1.26. The first-order valence-corrected chi connectivity index (χ1v) is 3.92. The van der Waals surface area contributed by atoms with Gasteiger partial charge in [0.2, 0.25) is 0 Å². The zero-order valence-electron chi connectivity index (χ0n) is 6.09. The topological polar surface area (TPSA) is 38.9 Å². The molecule has 1 heterocycles. The Morgan fingerprint density at radius 3 is 2.20 bits per heavy atom. The van der Waals surface area contributed by atoms with Crippen molar-refractivity contribution >= 4 is 11.9 Å². The van der Waals surface area contributed by atoms with Gasteiger partial charge in [-0.05, 0) is 37.9 Å². The van der Waals surface area contributed by atoms with Gasteiger partial charge in [-0.15, -0.1) is 0 Å². The first kappa shape index (κ1) is 7.57. The highest BCUT2D eigenvalue weighted by molar-refractivity contribution is 7.97. The van der Waals surface area contributed by atoms with Gasteiger partial charge >= 0.3 is 0 Å². The van der Waals surface area contributed by atoms with Crippen molar-refractivity contribution in [3.05, 3.63) is 23.5 Å². The zero-order valence-corrected chi connectivity index (χ0v) is 6.90. The van der Waals surface area contributed by atoms with E-state index in [0.29, 0.717) is 0 Å². The Kier molecular flexibility index (Phi) is 2.29. The highest BCUT2D eigenvalue weighted by Crippen LogP contribution is 2.12. The quantitative estimate of drug-likeness (QED) is 0.625. The molecule has 0 atom stereocenters. The number of aromatic nitrogens is 1. The number of hydrogen-bond donors (Lipinski definition) is 1. The third-order valence-corrected chi connectivity index (χ3v) is 1.70. The average Bonchev–Trinajstić information content (AvgIpc) is 1.85. The molecule has 0 saturated heterocycles. The highest BCUT2D eigenvalue weighted by atomic mass is 32.2. The standard InChI is InChI=1S/C7H10N2S/c1-5-3-7(10-8)4-6(2)9-5/h3-4H,8H2,1-2H3. The molecule has 1 rings (SSSR count). The van der Waals surface area contributed by atoms with Crippen molar-refractivity contribution in [2.45, 2.75) is 18.7 Å². The van der Waals surface area contributed by atoms with E-state index in [9.17, 15) is 0 Å². The molecule has 3 heteroatoms. The van der Waals surface area contributed by atoms with Crippen molar-refractivity contribution in [2.24, 2.45) is 5.14 Å². The molecule has 0 spiro atoms. The number of nitrogens with zero attached hydrogens (tertiary/aromatic N) is 1. The molecule has 1 aromatic rings. The monoisotopic (exact) mass is 154 g/mol. The van der Waals surface area contributed by atoms with Crippen LogP contribution < -0.4 is 5.14 Å². The minimum absolute atomic E-state index is 1.02. The Morgan fingerprint density at radius 1 is 1.30 bits per heavy atom. The van der Waals surface area contributed by atoms with E-state index in [1.54, 1.807) is 0 Å². The fourth-order valence-corrected chi connectivity index (χ4v) is 1.34. The van der Waals surface area contributed by atoms with Crippen molar-refractivity contribution < 1.29 is 0 Å². The normalized spacial score (nSPS) is 9.90. The maximum Gasteiger partial charge on any atom is 0.0387 e. The fraction of sp³-hybridized carbons (Fsp3) is 0.286. The molecular formula is C7H10N2S. The number of pyridine rings is 1. The third-order valence-electron chi connectivity index (χ3n) is 1.19. The van der Waals surface area contributed by atoms with Crippen LogP contribution in [-0.4, -0.2) is 4.98 Å². The first-order chi connectivity index (χ1) is 4.72. The summed E-state index contributed by atoms with van der Waals surface area (Å²) in [6.07, 6.45) is 0. The molecule has 2 nitrogen and oxygen atoms in total. The van der Waals surface area contributed by atoms with E-state index in [1.807, 2.05) is 26.0 Å². The summed E-state index contributed by atoms with van der Waals surface area (Å²) in [5.41, 5.74) is 2.04. The summed E-state index contributed by atoms with van der Waals surface area (Å²) in [7, 11) is 0.